The Labute approximate surface area is 123 Å². The fraction of sp³-hybridized carbons (Fsp3) is 0.938. The topological polar surface area (TPSA) is 50.4 Å². The molecule has 20 heavy (non-hydrogen) atoms. The molecule has 1 saturated carbocycles. The summed E-state index contributed by atoms with van der Waals surface area (Å²) in [6, 6.07) is 1.01. The molecule has 4 nitrogen and oxygen atoms in total. The van der Waals surface area contributed by atoms with Crippen molar-refractivity contribution in [3.05, 3.63) is 0 Å². The molecule has 1 aliphatic carbocycles. The second-order valence-electron chi connectivity index (χ2n) is 6.79. The number of amides is 1. The van der Waals surface area contributed by atoms with Gasteiger partial charge in [0.05, 0.1) is 6.10 Å². The molecule has 1 amide bonds. The van der Waals surface area contributed by atoms with Crippen molar-refractivity contribution in [1.82, 2.24) is 10.6 Å². The predicted octanol–water partition coefficient (Wildman–Crippen LogP) is 2.08. The van der Waals surface area contributed by atoms with Gasteiger partial charge in [-0.05, 0) is 43.9 Å². The van der Waals surface area contributed by atoms with Crippen molar-refractivity contribution in [2.45, 2.75) is 71.1 Å². The fourth-order valence-electron chi connectivity index (χ4n) is 3.66. The van der Waals surface area contributed by atoms with E-state index in [-0.39, 0.29) is 5.91 Å². The minimum absolute atomic E-state index is 0.101. The Balaban J connectivity index is 1.67. The molecule has 1 aliphatic heterocycles. The second-order valence-corrected chi connectivity index (χ2v) is 6.79. The van der Waals surface area contributed by atoms with E-state index in [2.05, 4.69) is 24.5 Å². The maximum atomic E-state index is 11.1. The number of rotatable bonds is 5. The molecule has 2 rings (SSSR count). The number of ether oxygens (including phenoxy) is 1. The standard InChI is InChI=1S/C16H30N2O2/c1-11(2)16-13(8-9-20-16)10-17-14-4-6-15(7-5-14)18-12(3)19/h11,13-17H,4-10H2,1-3H3,(H,18,19)/t13-,14?,15?,16-/m1/s1. The average Bonchev–Trinajstić information content (AvgIpc) is 2.86. The van der Waals surface area contributed by atoms with Crippen molar-refractivity contribution in [2.75, 3.05) is 13.2 Å². The van der Waals surface area contributed by atoms with E-state index in [9.17, 15) is 4.79 Å². The molecule has 2 N–H and O–H groups in total. The summed E-state index contributed by atoms with van der Waals surface area (Å²) in [6.07, 6.45) is 6.17. The van der Waals surface area contributed by atoms with E-state index in [0.717, 1.165) is 26.0 Å². The minimum atomic E-state index is 0.101. The highest BCUT2D eigenvalue weighted by atomic mass is 16.5. The molecule has 0 unspecified atom stereocenters. The van der Waals surface area contributed by atoms with Gasteiger partial charge in [0.25, 0.3) is 0 Å². The van der Waals surface area contributed by atoms with E-state index in [4.69, 9.17) is 4.74 Å². The van der Waals surface area contributed by atoms with Gasteiger partial charge in [0.2, 0.25) is 5.91 Å². The quantitative estimate of drug-likeness (QED) is 0.812. The molecule has 2 aliphatic rings. The van der Waals surface area contributed by atoms with Crippen LogP contribution in [0.3, 0.4) is 0 Å². The number of carbonyl (C=O) groups excluding carboxylic acids is 1. The zero-order valence-electron chi connectivity index (χ0n) is 13.2. The van der Waals surface area contributed by atoms with E-state index in [1.54, 1.807) is 6.92 Å². The Morgan fingerprint density at radius 1 is 1.15 bits per heavy atom. The van der Waals surface area contributed by atoms with Gasteiger partial charge in [0, 0.05) is 32.2 Å². The van der Waals surface area contributed by atoms with Crippen LogP contribution in [0.15, 0.2) is 0 Å². The van der Waals surface area contributed by atoms with Crippen LogP contribution in [0.4, 0.5) is 0 Å². The summed E-state index contributed by atoms with van der Waals surface area (Å²) in [4.78, 5) is 11.1. The summed E-state index contributed by atoms with van der Waals surface area (Å²) >= 11 is 0. The number of carbonyl (C=O) groups is 1. The van der Waals surface area contributed by atoms with E-state index in [0.29, 0.717) is 30.0 Å². The van der Waals surface area contributed by atoms with Crippen LogP contribution in [0, 0.1) is 11.8 Å². The highest BCUT2D eigenvalue weighted by molar-refractivity contribution is 5.73. The van der Waals surface area contributed by atoms with Crippen LogP contribution in [0.25, 0.3) is 0 Å². The Bertz CT molecular complexity index is 312. The van der Waals surface area contributed by atoms with Crippen molar-refractivity contribution in [3.8, 4) is 0 Å². The van der Waals surface area contributed by atoms with Gasteiger partial charge >= 0.3 is 0 Å². The van der Waals surface area contributed by atoms with Crippen LogP contribution >= 0.6 is 0 Å². The molecular weight excluding hydrogens is 252 g/mol. The molecular formula is C16H30N2O2. The van der Waals surface area contributed by atoms with Crippen LogP contribution in [-0.2, 0) is 9.53 Å². The van der Waals surface area contributed by atoms with Gasteiger partial charge in [-0.3, -0.25) is 4.79 Å². The van der Waals surface area contributed by atoms with Gasteiger partial charge in [-0.2, -0.15) is 0 Å². The molecule has 4 heteroatoms. The van der Waals surface area contributed by atoms with Gasteiger partial charge in [-0.1, -0.05) is 13.8 Å². The third-order valence-electron chi connectivity index (χ3n) is 4.72. The molecule has 116 valence electrons. The fourth-order valence-corrected chi connectivity index (χ4v) is 3.66. The zero-order chi connectivity index (χ0) is 14.5. The largest absolute Gasteiger partial charge is 0.378 e. The summed E-state index contributed by atoms with van der Waals surface area (Å²) in [5, 5.41) is 6.76. The second kappa shape index (κ2) is 7.41. The van der Waals surface area contributed by atoms with E-state index in [1.165, 1.54) is 19.3 Å². The summed E-state index contributed by atoms with van der Waals surface area (Å²) in [7, 11) is 0. The minimum Gasteiger partial charge on any atom is -0.378 e. The van der Waals surface area contributed by atoms with Crippen molar-refractivity contribution in [1.29, 1.82) is 0 Å². The van der Waals surface area contributed by atoms with Crippen LogP contribution in [0.2, 0.25) is 0 Å². The third-order valence-corrected chi connectivity index (χ3v) is 4.72. The monoisotopic (exact) mass is 282 g/mol. The van der Waals surface area contributed by atoms with Crippen molar-refractivity contribution in [3.63, 3.8) is 0 Å². The van der Waals surface area contributed by atoms with Gasteiger partial charge in [-0.25, -0.2) is 0 Å². The van der Waals surface area contributed by atoms with Crippen molar-refractivity contribution in [2.24, 2.45) is 11.8 Å². The first-order valence-electron chi connectivity index (χ1n) is 8.18. The molecule has 2 atom stereocenters. The van der Waals surface area contributed by atoms with Gasteiger partial charge in [0.1, 0.15) is 0 Å². The lowest BCUT2D eigenvalue weighted by molar-refractivity contribution is -0.119. The maximum Gasteiger partial charge on any atom is 0.217 e. The van der Waals surface area contributed by atoms with E-state index >= 15 is 0 Å². The Hall–Kier alpha value is -0.610. The predicted molar refractivity (Wildman–Crippen MR) is 80.5 cm³/mol. The Kier molecular flexibility index (Phi) is 5.85. The summed E-state index contributed by atoms with van der Waals surface area (Å²) < 4.78 is 5.84. The summed E-state index contributed by atoms with van der Waals surface area (Å²) in [6.45, 7) is 8.11. The molecule has 1 heterocycles. The summed E-state index contributed by atoms with van der Waals surface area (Å²) in [5.41, 5.74) is 0. The van der Waals surface area contributed by atoms with E-state index < -0.39 is 0 Å². The van der Waals surface area contributed by atoms with Crippen molar-refractivity contribution >= 4 is 5.91 Å². The lowest BCUT2D eigenvalue weighted by Gasteiger charge is -2.31. The first-order chi connectivity index (χ1) is 9.56. The molecule has 0 aromatic rings. The SMILES string of the molecule is CC(=O)NC1CCC(NC[C@H]2CCO[C@@H]2C(C)C)CC1. The highest BCUT2D eigenvalue weighted by Crippen LogP contribution is 2.27. The van der Waals surface area contributed by atoms with Gasteiger partial charge in [0.15, 0.2) is 0 Å². The average molecular weight is 282 g/mol. The lowest BCUT2D eigenvalue weighted by Crippen LogP contribution is -2.43. The van der Waals surface area contributed by atoms with Crippen LogP contribution in [0.1, 0.15) is 52.9 Å². The summed E-state index contributed by atoms with van der Waals surface area (Å²) in [5.74, 6) is 1.38. The molecule has 0 aromatic heterocycles. The Morgan fingerprint density at radius 3 is 2.40 bits per heavy atom. The molecule has 0 radical (unpaired) electrons. The number of hydrogen-bond acceptors (Lipinski definition) is 3. The molecule has 2 fully saturated rings. The highest BCUT2D eigenvalue weighted by Gasteiger charge is 2.31. The Morgan fingerprint density at radius 2 is 1.80 bits per heavy atom. The maximum absolute atomic E-state index is 11.1. The zero-order valence-corrected chi connectivity index (χ0v) is 13.2. The number of hydrogen-bond donors (Lipinski definition) is 2. The molecule has 0 spiro atoms. The first-order valence-corrected chi connectivity index (χ1v) is 8.18. The van der Waals surface area contributed by atoms with E-state index in [1.807, 2.05) is 0 Å². The van der Waals surface area contributed by atoms with Crippen LogP contribution < -0.4 is 10.6 Å². The van der Waals surface area contributed by atoms with Crippen LogP contribution in [-0.4, -0.2) is 37.2 Å². The third kappa shape index (κ3) is 4.45. The lowest BCUT2D eigenvalue weighted by atomic mass is 9.89. The molecule has 0 aromatic carbocycles. The molecule has 1 saturated heterocycles. The number of nitrogens with one attached hydrogen (secondary N) is 2. The molecule has 0 bridgehead atoms. The first kappa shape index (κ1) is 15.8. The van der Waals surface area contributed by atoms with Gasteiger partial charge < -0.3 is 15.4 Å². The van der Waals surface area contributed by atoms with Gasteiger partial charge in [-0.15, -0.1) is 0 Å². The normalized spacial score (nSPS) is 34.4. The smallest absolute Gasteiger partial charge is 0.217 e. The van der Waals surface area contributed by atoms with Crippen molar-refractivity contribution < 1.29 is 9.53 Å². The van der Waals surface area contributed by atoms with Crippen LogP contribution in [0.5, 0.6) is 0 Å².